The van der Waals surface area contributed by atoms with Crippen LogP contribution < -0.4 is 10.6 Å². The van der Waals surface area contributed by atoms with Crippen LogP contribution in [0.2, 0.25) is 0 Å². The van der Waals surface area contributed by atoms with Crippen molar-refractivity contribution in [2.75, 3.05) is 13.1 Å². The van der Waals surface area contributed by atoms with Gasteiger partial charge in [-0.05, 0) is 18.6 Å². The summed E-state index contributed by atoms with van der Waals surface area (Å²) in [6.07, 6.45) is 2.34. The van der Waals surface area contributed by atoms with Crippen molar-refractivity contribution >= 4 is 11.8 Å². The van der Waals surface area contributed by atoms with Gasteiger partial charge in [-0.15, -0.1) is 6.58 Å². The van der Waals surface area contributed by atoms with E-state index >= 15 is 0 Å². The Labute approximate surface area is 105 Å². The van der Waals surface area contributed by atoms with Gasteiger partial charge in [0.1, 0.15) is 5.82 Å². The molecule has 0 fully saturated rings. The highest BCUT2D eigenvalue weighted by Gasteiger charge is 2.11. The second kappa shape index (κ2) is 7.21. The van der Waals surface area contributed by atoms with Crippen molar-refractivity contribution in [1.29, 1.82) is 0 Å². The Hall–Kier alpha value is -2.17. The van der Waals surface area contributed by atoms with Crippen LogP contribution in [0.5, 0.6) is 0 Å². The normalized spacial score (nSPS) is 9.61. The Morgan fingerprint density at radius 2 is 2.00 bits per heavy atom. The average molecular weight is 250 g/mol. The van der Waals surface area contributed by atoms with E-state index in [1.54, 1.807) is 12.1 Å². The van der Waals surface area contributed by atoms with E-state index in [2.05, 4.69) is 17.2 Å². The molecule has 1 aromatic rings. The van der Waals surface area contributed by atoms with Crippen LogP contribution in [0.25, 0.3) is 0 Å². The number of carbonyl (C=O) groups excluding carboxylic acids is 2. The largest absolute Gasteiger partial charge is 0.354 e. The lowest BCUT2D eigenvalue weighted by atomic mass is 10.2. The Bertz CT molecular complexity index is 446. The SMILES string of the molecule is C=CCCNC(=O)CNC(=O)c1ccccc1F. The van der Waals surface area contributed by atoms with E-state index in [1.165, 1.54) is 18.2 Å². The van der Waals surface area contributed by atoms with Crippen molar-refractivity contribution in [2.45, 2.75) is 6.42 Å². The number of benzene rings is 1. The van der Waals surface area contributed by atoms with E-state index in [9.17, 15) is 14.0 Å². The molecule has 0 atom stereocenters. The summed E-state index contributed by atoms with van der Waals surface area (Å²) in [4.78, 5) is 22.8. The molecule has 4 nitrogen and oxygen atoms in total. The van der Waals surface area contributed by atoms with Gasteiger partial charge < -0.3 is 10.6 Å². The highest BCUT2D eigenvalue weighted by molar-refractivity contribution is 5.96. The fourth-order valence-corrected chi connectivity index (χ4v) is 1.28. The monoisotopic (exact) mass is 250 g/mol. The van der Waals surface area contributed by atoms with Gasteiger partial charge >= 0.3 is 0 Å². The van der Waals surface area contributed by atoms with Crippen LogP contribution in [0.15, 0.2) is 36.9 Å². The molecule has 0 spiro atoms. The van der Waals surface area contributed by atoms with Gasteiger partial charge in [0, 0.05) is 6.54 Å². The molecule has 1 rings (SSSR count). The summed E-state index contributed by atoms with van der Waals surface area (Å²) in [5.41, 5.74) is -0.0728. The van der Waals surface area contributed by atoms with Crippen LogP contribution >= 0.6 is 0 Å². The Balaban J connectivity index is 2.40. The lowest BCUT2D eigenvalue weighted by Crippen LogP contribution is -2.37. The van der Waals surface area contributed by atoms with Crippen LogP contribution in [0.1, 0.15) is 16.8 Å². The first kappa shape index (κ1) is 13.9. The van der Waals surface area contributed by atoms with Crippen LogP contribution in [0.3, 0.4) is 0 Å². The third-order valence-electron chi connectivity index (χ3n) is 2.20. The highest BCUT2D eigenvalue weighted by atomic mass is 19.1. The molecule has 1 aromatic carbocycles. The number of halogens is 1. The van der Waals surface area contributed by atoms with Gasteiger partial charge in [0.05, 0.1) is 12.1 Å². The topological polar surface area (TPSA) is 58.2 Å². The molecule has 5 heteroatoms. The molecule has 18 heavy (non-hydrogen) atoms. The third kappa shape index (κ3) is 4.37. The molecule has 0 aliphatic heterocycles. The molecule has 0 heterocycles. The Morgan fingerprint density at radius 3 is 2.67 bits per heavy atom. The average Bonchev–Trinajstić information content (AvgIpc) is 2.37. The summed E-state index contributed by atoms with van der Waals surface area (Å²) in [5, 5.41) is 4.94. The smallest absolute Gasteiger partial charge is 0.254 e. The maximum absolute atomic E-state index is 13.2. The number of amides is 2. The van der Waals surface area contributed by atoms with Crippen LogP contribution in [0.4, 0.5) is 4.39 Å². The van der Waals surface area contributed by atoms with Crippen LogP contribution in [-0.2, 0) is 4.79 Å². The number of carbonyl (C=O) groups is 2. The second-order valence-corrected chi connectivity index (χ2v) is 3.59. The van der Waals surface area contributed by atoms with Crippen molar-refractivity contribution in [2.24, 2.45) is 0 Å². The van der Waals surface area contributed by atoms with Gasteiger partial charge in [0.15, 0.2) is 0 Å². The van der Waals surface area contributed by atoms with E-state index < -0.39 is 11.7 Å². The molecule has 0 saturated heterocycles. The standard InChI is InChI=1S/C13H15FN2O2/c1-2-3-8-15-12(17)9-16-13(18)10-6-4-5-7-11(10)14/h2,4-7H,1,3,8-9H2,(H,15,17)(H,16,18). The van der Waals surface area contributed by atoms with E-state index in [4.69, 9.17) is 0 Å². The van der Waals surface area contributed by atoms with Crippen molar-refractivity contribution in [3.8, 4) is 0 Å². The number of hydrogen-bond donors (Lipinski definition) is 2. The molecule has 0 aromatic heterocycles. The first-order valence-electron chi connectivity index (χ1n) is 5.55. The number of hydrogen-bond acceptors (Lipinski definition) is 2. The molecule has 0 bridgehead atoms. The summed E-state index contributed by atoms with van der Waals surface area (Å²) in [6, 6.07) is 5.61. The van der Waals surface area contributed by atoms with E-state index in [0.717, 1.165) is 0 Å². The van der Waals surface area contributed by atoms with Crippen molar-refractivity contribution < 1.29 is 14.0 Å². The second-order valence-electron chi connectivity index (χ2n) is 3.59. The minimum absolute atomic E-state index is 0.0728. The van der Waals surface area contributed by atoms with Gasteiger partial charge in [0.25, 0.3) is 5.91 Å². The molecule has 0 aliphatic rings. The van der Waals surface area contributed by atoms with Crippen LogP contribution in [0, 0.1) is 5.82 Å². The first-order chi connectivity index (χ1) is 8.65. The summed E-state index contributed by atoms with van der Waals surface area (Å²) < 4.78 is 13.2. The van der Waals surface area contributed by atoms with Gasteiger partial charge in [-0.25, -0.2) is 4.39 Å². The molecule has 2 amide bonds. The summed E-state index contributed by atoms with van der Waals surface area (Å²) >= 11 is 0. The quantitative estimate of drug-likeness (QED) is 0.589. The molecule has 96 valence electrons. The minimum atomic E-state index is -0.609. The van der Waals surface area contributed by atoms with E-state index in [-0.39, 0.29) is 18.0 Å². The summed E-state index contributed by atoms with van der Waals surface area (Å²) in [6.45, 7) is 3.81. The molecule has 0 radical (unpaired) electrons. The van der Waals surface area contributed by atoms with E-state index in [0.29, 0.717) is 13.0 Å². The molecule has 2 N–H and O–H groups in total. The maximum atomic E-state index is 13.2. The van der Waals surface area contributed by atoms with Gasteiger partial charge in [-0.2, -0.15) is 0 Å². The lowest BCUT2D eigenvalue weighted by molar-refractivity contribution is -0.120. The fourth-order valence-electron chi connectivity index (χ4n) is 1.28. The first-order valence-corrected chi connectivity index (χ1v) is 5.55. The Morgan fingerprint density at radius 1 is 1.28 bits per heavy atom. The predicted molar refractivity (Wildman–Crippen MR) is 66.6 cm³/mol. The fraction of sp³-hybridized carbons (Fsp3) is 0.231. The van der Waals surface area contributed by atoms with Gasteiger partial charge in [-0.1, -0.05) is 18.2 Å². The number of nitrogens with one attached hydrogen (secondary N) is 2. The zero-order valence-corrected chi connectivity index (χ0v) is 9.91. The zero-order chi connectivity index (χ0) is 13.4. The summed E-state index contributed by atoms with van der Waals surface area (Å²) in [5.74, 6) is -1.53. The Kier molecular flexibility index (Phi) is 5.57. The van der Waals surface area contributed by atoms with Crippen molar-refractivity contribution in [3.05, 3.63) is 48.3 Å². The molecular formula is C13H15FN2O2. The van der Waals surface area contributed by atoms with Gasteiger partial charge in [0.2, 0.25) is 5.91 Å². The third-order valence-corrected chi connectivity index (χ3v) is 2.20. The van der Waals surface area contributed by atoms with E-state index in [1.807, 2.05) is 0 Å². The maximum Gasteiger partial charge on any atom is 0.254 e. The van der Waals surface area contributed by atoms with Crippen molar-refractivity contribution in [3.63, 3.8) is 0 Å². The minimum Gasteiger partial charge on any atom is -0.354 e. The lowest BCUT2D eigenvalue weighted by Gasteiger charge is -2.06. The van der Waals surface area contributed by atoms with Crippen molar-refractivity contribution in [1.82, 2.24) is 10.6 Å². The van der Waals surface area contributed by atoms with Gasteiger partial charge in [-0.3, -0.25) is 9.59 Å². The zero-order valence-electron chi connectivity index (χ0n) is 9.91. The molecule has 0 aliphatic carbocycles. The predicted octanol–water partition coefficient (Wildman–Crippen LogP) is 1.25. The molecule has 0 unspecified atom stereocenters. The molecular weight excluding hydrogens is 235 g/mol. The summed E-state index contributed by atoms with van der Waals surface area (Å²) in [7, 11) is 0. The highest BCUT2D eigenvalue weighted by Crippen LogP contribution is 2.05. The number of rotatable bonds is 6. The molecule has 0 saturated carbocycles. The van der Waals surface area contributed by atoms with Crippen LogP contribution in [-0.4, -0.2) is 24.9 Å².